The van der Waals surface area contributed by atoms with E-state index in [4.69, 9.17) is 4.74 Å². The first-order valence-corrected chi connectivity index (χ1v) is 17.0. The highest BCUT2D eigenvalue weighted by molar-refractivity contribution is 4.52. The Kier molecular flexibility index (Phi) is 32.9. The summed E-state index contributed by atoms with van der Waals surface area (Å²) in [5, 5.41) is 9.26. The van der Waals surface area contributed by atoms with Crippen molar-refractivity contribution in [3.8, 4) is 0 Å². The van der Waals surface area contributed by atoms with Gasteiger partial charge in [-0.2, -0.15) is 0 Å². The third kappa shape index (κ3) is 33.9. The Balaban J connectivity index is 3.01. The van der Waals surface area contributed by atoms with Crippen molar-refractivity contribution >= 4 is 0 Å². The number of hydrogen-bond acceptors (Lipinski definition) is 2. The number of unbranched alkanes of at least 4 members (excludes halogenated alkanes) is 26. The molecule has 36 heavy (non-hydrogen) atoms. The van der Waals surface area contributed by atoms with Crippen LogP contribution in [0.25, 0.3) is 0 Å². The molecular formula is C34H70O2. The Morgan fingerprint density at radius 3 is 0.917 bits per heavy atom. The summed E-state index contributed by atoms with van der Waals surface area (Å²) in [6, 6.07) is 0. The van der Waals surface area contributed by atoms with Crippen LogP contribution >= 0.6 is 0 Å². The van der Waals surface area contributed by atoms with Crippen molar-refractivity contribution in [2.45, 2.75) is 206 Å². The molecule has 0 spiro atoms. The maximum atomic E-state index is 9.26. The molecule has 0 bridgehead atoms. The zero-order valence-electron chi connectivity index (χ0n) is 25.4. The SMILES string of the molecule is CCCCCCCCCCCCCCCCOCCCCCCCCCCCCCCCCC(C)O. The van der Waals surface area contributed by atoms with E-state index in [1.807, 2.05) is 6.92 Å². The van der Waals surface area contributed by atoms with E-state index in [0.717, 1.165) is 19.6 Å². The van der Waals surface area contributed by atoms with E-state index >= 15 is 0 Å². The molecular weight excluding hydrogens is 440 g/mol. The molecule has 2 heteroatoms. The molecule has 0 amide bonds. The van der Waals surface area contributed by atoms with E-state index in [0.29, 0.717) is 0 Å². The molecule has 0 saturated heterocycles. The largest absolute Gasteiger partial charge is 0.393 e. The lowest BCUT2D eigenvalue weighted by molar-refractivity contribution is 0.125. The van der Waals surface area contributed by atoms with Crippen molar-refractivity contribution in [2.24, 2.45) is 0 Å². The van der Waals surface area contributed by atoms with Gasteiger partial charge in [-0.05, 0) is 26.2 Å². The molecule has 1 N–H and O–H groups in total. The normalized spacial score (nSPS) is 12.4. The number of aliphatic hydroxyl groups is 1. The van der Waals surface area contributed by atoms with Crippen molar-refractivity contribution in [1.29, 1.82) is 0 Å². The molecule has 0 aromatic rings. The van der Waals surface area contributed by atoms with Crippen LogP contribution in [-0.2, 0) is 4.74 Å². The molecule has 0 aromatic heterocycles. The van der Waals surface area contributed by atoms with Crippen LogP contribution in [0.5, 0.6) is 0 Å². The van der Waals surface area contributed by atoms with Gasteiger partial charge in [-0.25, -0.2) is 0 Å². The second-order valence-electron chi connectivity index (χ2n) is 11.8. The van der Waals surface area contributed by atoms with Crippen molar-refractivity contribution in [3.05, 3.63) is 0 Å². The maximum Gasteiger partial charge on any atom is 0.0512 e. The number of rotatable bonds is 32. The second-order valence-corrected chi connectivity index (χ2v) is 11.8. The van der Waals surface area contributed by atoms with Gasteiger partial charge < -0.3 is 9.84 Å². The van der Waals surface area contributed by atoms with Crippen molar-refractivity contribution < 1.29 is 9.84 Å². The van der Waals surface area contributed by atoms with Crippen LogP contribution in [0.2, 0.25) is 0 Å². The van der Waals surface area contributed by atoms with Crippen LogP contribution in [0, 0.1) is 0 Å². The number of ether oxygens (including phenoxy) is 1. The lowest BCUT2D eigenvalue weighted by Gasteiger charge is -2.06. The molecule has 2 nitrogen and oxygen atoms in total. The number of hydrogen-bond donors (Lipinski definition) is 1. The highest BCUT2D eigenvalue weighted by atomic mass is 16.5. The molecule has 0 radical (unpaired) electrons. The summed E-state index contributed by atoms with van der Waals surface area (Å²) in [6.45, 7) is 6.17. The van der Waals surface area contributed by atoms with Gasteiger partial charge in [0.1, 0.15) is 0 Å². The van der Waals surface area contributed by atoms with Gasteiger partial charge in [0.25, 0.3) is 0 Å². The smallest absolute Gasteiger partial charge is 0.0512 e. The van der Waals surface area contributed by atoms with Gasteiger partial charge in [0.2, 0.25) is 0 Å². The maximum absolute atomic E-state index is 9.26. The van der Waals surface area contributed by atoms with Gasteiger partial charge >= 0.3 is 0 Å². The lowest BCUT2D eigenvalue weighted by Crippen LogP contribution is -1.98. The van der Waals surface area contributed by atoms with Crippen LogP contribution in [0.3, 0.4) is 0 Å². The molecule has 0 aliphatic heterocycles. The minimum Gasteiger partial charge on any atom is -0.393 e. The highest BCUT2D eigenvalue weighted by Gasteiger charge is 1.98. The van der Waals surface area contributed by atoms with E-state index in [9.17, 15) is 5.11 Å². The van der Waals surface area contributed by atoms with Crippen LogP contribution < -0.4 is 0 Å². The lowest BCUT2D eigenvalue weighted by atomic mass is 10.0. The predicted octanol–water partition coefficient (Wildman–Crippen LogP) is 11.7. The van der Waals surface area contributed by atoms with E-state index in [1.54, 1.807) is 0 Å². The average molecular weight is 511 g/mol. The molecule has 0 saturated carbocycles. The zero-order valence-corrected chi connectivity index (χ0v) is 25.4. The Hall–Kier alpha value is -0.0800. The van der Waals surface area contributed by atoms with Gasteiger partial charge in [0, 0.05) is 13.2 Å². The summed E-state index contributed by atoms with van der Waals surface area (Å²) < 4.78 is 5.85. The Bertz CT molecular complexity index is 368. The highest BCUT2D eigenvalue weighted by Crippen LogP contribution is 2.15. The Labute approximate surface area is 229 Å². The van der Waals surface area contributed by atoms with E-state index in [-0.39, 0.29) is 6.10 Å². The molecule has 0 aromatic carbocycles. The van der Waals surface area contributed by atoms with Crippen LogP contribution in [-0.4, -0.2) is 24.4 Å². The van der Waals surface area contributed by atoms with Gasteiger partial charge in [-0.15, -0.1) is 0 Å². The van der Waals surface area contributed by atoms with Crippen LogP contribution in [0.15, 0.2) is 0 Å². The van der Waals surface area contributed by atoms with Gasteiger partial charge in [0.15, 0.2) is 0 Å². The van der Waals surface area contributed by atoms with Crippen molar-refractivity contribution in [2.75, 3.05) is 13.2 Å². The van der Waals surface area contributed by atoms with E-state index < -0.39 is 0 Å². The minimum atomic E-state index is -0.109. The summed E-state index contributed by atoms with van der Waals surface area (Å²) in [7, 11) is 0. The Morgan fingerprint density at radius 2 is 0.639 bits per heavy atom. The fourth-order valence-corrected chi connectivity index (χ4v) is 5.27. The first-order chi connectivity index (χ1) is 17.8. The predicted molar refractivity (Wildman–Crippen MR) is 162 cm³/mol. The molecule has 0 aliphatic carbocycles. The summed E-state index contributed by atoms with van der Waals surface area (Å²) >= 11 is 0. The quantitative estimate of drug-likeness (QED) is 0.0911. The standard InChI is InChI=1S/C34H70O2/c1-3-4-5-6-7-8-9-10-14-17-20-23-26-29-32-36-33-30-27-24-21-18-15-12-11-13-16-19-22-25-28-31-34(2)35/h34-35H,3-33H2,1-2H3. The van der Waals surface area contributed by atoms with Crippen molar-refractivity contribution in [3.63, 3.8) is 0 Å². The van der Waals surface area contributed by atoms with E-state index in [1.165, 1.54) is 180 Å². The summed E-state index contributed by atoms with van der Waals surface area (Å²) in [6.07, 6.45) is 40.1. The van der Waals surface area contributed by atoms with Gasteiger partial charge in [-0.1, -0.05) is 174 Å². The van der Waals surface area contributed by atoms with Gasteiger partial charge in [0.05, 0.1) is 6.10 Å². The molecule has 0 rings (SSSR count). The van der Waals surface area contributed by atoms with E-state index in [2.05, 4.69) is 6.92 Å². The Morgan fingerprint density at radius 1 is 0.389 bits per heavy atom. The third-order valence-electron chi connectivity index (χ3n) is 7.80. The fourth-order valence-electron chi connectivity index (χ4n) is 5.27. The zero-order chi connectivity index (χ0) is 26.2. The monoisotopic (exact) mass is 511 g/mol. The molecule has 0 aliphatic rings. The minimum absolute atomic E-state index is 0.109. The summed E-state index contributed by atoms with van der Waals surface area (Å²) in [5.41, 5.74) is 0. The van der Waals surface area contributed by atoms with Crippen molar-refractivity contribution in [1.82, 2.24) is 0 Å². The second kappa shape index (κ2) is 32.9. The molecule has 218 valence electrons. The van der Waals surface area contributed by atoms with Gasteiger partial charge in [-0.3, -0.25) is 0 Å². The summed E-state index contributed by atoms with van der Waals surface area (Å²) in [5.74, 6) is 0. The molecule has 1 unspecified atom stereocenters. The molecule has 1 atom stereocenters. The number of aliphatic hydroxyl groups excluding tert-OH is 1. The molecule has 0 fully saturated rings. The first-order valence-electron chi connectivity index (χ1n) is 17.0. The average Bonchev–Trinajstić information content (AvgIpc) is 2.87. The summed E-state index contributed by atoms with van der Waals surface area (Å²) in [4.78, 5) is 0. The fraction of sp³-hybridized carbons (Fsp3) is 1.00. The molecule has 0 heterocycles. The van der Waals surface area contributed by atoms with Crippen LogP contribution in [0.1, 0.15) is 200 Å². The topological polar surface area (TPSA) is 29.5 Å². The third-order valence-corrected chi connectivity index (χ3v) is 7.80. The van der Waals surface area contributed by atoms with Crippen LogP contribution in [0.4, 0.5) is 0 Å². The first kappa shape index (κ1) is 35.9.